The minimum atomic E-state index is -0.553. The lowest BCUT2D eigenvalue weighted by molar-refractivity contribution is -0.385. The summed E-state index contributed by atoms with van der Waals surface area (Å²) in [6, 6.07) is 4.07. The molecule has 0 saturated carbocycles. The fourth-order valence-corrected chi connectivity index (χ4v) is 1.71. The standard InChI is InChI=1S/C11H9BrN2O3/c1-3-4-13(2)11(15)8-5-9(12)7-10(6-8)14(16)17/h1,5-7H,4H2,2H3. The quantitative estimate of drug-likeness (QED) is 0.487. The molecule has 5 nitrogen and oxygen atoms in total. The first-order chi connectivity index (χ1) is 7.95. The van der Waals surface area contributed by atoms with Crippen LogP contribution in [-0.2, 0) is 0 Å². The summed E-state index contributed by atoms with van der Waals surface area (Å²) in [7, 11) is 1.54. The lowest BCUT2D eigenvalue weighted by Crippen LogP contribution is -2.26. The largest absolute Gasteiger partial charge is 0.331 e. The molecule has 0 radical (unpaired) electrons. The molecule has 0 aliphatic carbocycles. The molecule has 0 saturated heterocycles. The first kappa shape index (κ1) is 13.2. The molecule has 88 valence electrons. The highest BCUT2D eigenvalue weighted by Crippen LogP contribution is 2.22. The summed E-state index contributed by atoms with van der Waals surface area (Å²) in [6.45, 7) is 0.152. The average Bonchev–Trinajstić information content (AvgIpc) is 2.27. The van der Waals surface area contributed by atoms with Crippen molar-refractivity contribution in [1.82, 2.24) is 4.90 Å². The Labute approximate surface area is 107 Å². The molecule has 0 fully saturated rings. The fraction of sp³-hybridized carbons (Fsp3) is 0.182. The minimum Gasteiger partial charge on any atom is -0.331 e. The van der Waals surface area contributed by atoms with Crippen LogP contribution in [0.5, 0.6) is 0 Å². The van der Waals surface area contributed by atoms with Crippen LogP contribution < -0.4 is 0 Å². The Hall–Kier alpha value is -1.87. The molecule has 1 aromatic carbocycles. The molecule has 0 bridgehead atoms. The van der Waals surface area contributed by atoms with Crippen LogP contribution in [-0.4, -0.2) is 29.3 Å². The Balaban J connectivity index is 3.10. The number of halogens is 1. The molecule has 0 unspecified atom stereocenters. The number of nitro benzene ring substituents is 1. The highest BCUT2D eigenvalue weighted by molar-refractivity contribution is 9.10. The second kappa shape index (κ2) is 5.46. The number of carbonyl (C=O) groups is 1. The SMILES string of the molecule is C#CCN(C)C(=O)c1cc(Br)cc([N+](=O)[O-])c1. The van der Waals surface area contributed by atoms with Gasteiger partial charge >= 0.3 is 0 Å². The van der Waals surface area contributed by atoms with Gasteiger partial charge in [-0.2, -0.15) is 0 Å². The molecule has 0 atom stereocenters. The average molecular weight is 297 g/mol. The Kier molecular flexibility index (Phi) is 4.24. The molecule has 1 rings (SSSR count). The van der Waals surface area contributed by atoms with E-state index < -0.39 is 4.92 Å². The van der Waals surface area contributed by atoms with E-state index >= 15 is 0 Å². The van der Waals surface area contributed by atoms with Gasteiger partial charge in [0.1, 0.15) is 0 Å². The third kappa shape index (κ3) is 3.29. The smallest absolute Gasteiger partial charge is 0.271 e. The monoisotopic (exact) mass is 296 g/mol. The van der Waals surface area contributed by atoms with Crippen molar-refractivity contribution in [2.24, 2.45) is 0 Å². The number of carbonyl (C=O) groups excluding carboxylic acids is 1. The van der Waals surface area contributed by atoms with Gasteiger partial charge in [0.2, 0.25) is 0 Å². The lowest BCUT2D eigenvalue weighted by atomic mass is 10.2. The second-order valence-electron chi connectivity index (χ2n) is 3.32. The van der Waals surface area contributed by atoms with E-state index in [0.29, 0.717) is 4.47 Å². The number of hydrogen-bond acceptors (Lipinski definition) is 3. The molecule has 0 aliphatic heterocycles. The van der Waals surface area contributed by atoms with Crippen LogP contribution in [0.25, 0.3) is 0 Å². The number of amides is 1. The van der Waals surface area contributed by atoms with Crippen LogP contribution in [0, 0.1) is 22.5 Å². The molecular weight excluding hydrogens is 288 g/mol. The summed E-state index contributed by atoms with van der Waals surface area (Å²) in [5.41, 5.74) is 0.0839. The molecule has 1 amide bonds. The van der Waals surface area contributed by atoms with E-state index in [9.17, 15) is 14.9 Å². The van der Waals surface area contributed by atoms with Crippen molar-refractivity contribution in [1.29, 1.82) is 0 Å². The first-order valence-corrected chi connectivity index (χ1v) is 5.39. The first-order valence-electron chi connectivity index (χ1n) is 4.59. The predicted molar refractivity (Wildman–Crippen MR) is 66.6 cm³/mol. The zero-order valence-corrected chi connectivity index (χ0v) is 10.6. The van der Waals surface area contributed by atoms with Crippen molar-refractivity contribution in [3.8, 4) is 12.3 Å². The van der Waals surface area contributed by atoms with Crippen LogP contribution in [0.15, 0.2) is 22.7 Å². The molecular formula is C11H9BrN2O3. The van der Waals surface area contributed by atoms with E-state index in [-0.39, 0.29) is 23.7 Å². The van der Waals surface area contributed by atoms with Crippen LogP contribution in [0.3, 0.4) is 0 Å². The molecule has 0 heterocycles. The maximum atomic E-state index is 11.8. The Bertz CT molecular complexity index is 508. The highest BCUT2D eigenvalue weighted by atomic mass is 79.9. The topological polar surface area (TPSA) is 63.5 Å². The number of nitrogens with zero attached hydrogens (tertiary/aromatic N) is 2. The zero-order valence-electron chi connectivity index (χ0n) is 9.01. The predicted octanol–water partition coefficient (Wildman–Crippen LogP) is 2.06. The van der Waals surface area contributed by atoms with E-state index in [2.05, 4.69) is 21.9 Å². The van der Waals surface area contributed by atoms with Gasteiger partial charge in [0.25, 0.3) is 11.6 Å². The molecule has 0 N–H and O–H groups in total. The van der Waals surface area contributed by atoms with Gasteiger partial charge in [0.05, 0.1) is 11.5 Å². The van der Waals surface area contributed by atoms with Crippen LogP contribution in [0.2, 0.25) is 0 Å². The summed E-state index contributed by atoms with van der Waals surface area (Å²) >= 11 is 3.12. The summed E-state index contributed by atoms with van der Waals surface area (Å²) in [6.07, 6.45) is 5.09. The molecule has 0 spiro atoms. The molecule has 6 heteroatoms. The maximum Gasteiger partial charge on any atom is 0.271 e. The summed E-state index contributed by atoms with van der Waals surface area (Å²) in [4.78, 5) is 23.3. The zero-order chi connectivity index (χ0) is 13.0. The summed E-state index contributed by atoms with van der Waals surface area (Å²) in [5.74, 6) is 1.98. The van der Waals surface area contributed by atoms with Gasteiger partial charge in [-0.05, 0) is 6.07 Å². The number of non-ortho nitro benzene ring substituents is 1. The Morgan fingerprint density at radius 1 is 1.59 bits per heavy atom. The van der Waals surface area contributed by atoms with E-state index in [1.165, 1.54) is 30.1 Å². The van der Waals surface area contributed by atoms with E-state index in [4.69, 9.17) is 6.42 Å². The minimum absolute atomic E-state index is 0.142. The summed E-state index contributed by atoms with van der Waals surface area (Å²) < 4.78 is 0.476. The highest BCUT2D eigenvalue weighted by Gasteiger charge is 2.16. The van der Waals surface area contributed by atoms with Crippen molar-refractivity contribution in [2.45, 2.75) is 0 Å². The van der Waals surface area contributed by atoms with Crippen molar-refractivity contribution in [3.05, 3.63) is 38.3 Å². The molecule has 0 aromatic heterocycles. The van der Waals surface area contributed by atoms with Crippen molar-refractivity contribution >= 4 is 27.5 Å². The third-order valence-electron chi connectivity index (χ3n) is 2.02. The Morgan fingerprint density at radius 3 is 2.76 bits per heavy atom. The van der Waals surface area contributed by atoms with Gasteiger partial charge in [0.15, 0.2) is 0 Å². The van der Waals surface area contributed by atoms with Crippen molar-refractivity contribution in [3.63, 3.8) is 0 Å². The molecule has 17 heavy (non-hydrogen) atoms. The van der Waals surface area contributed by atoms with Crippen LogP contribution in [0.1, 0.15) is 10.4 Å². The lowest BCUT2D eigenvalue weighted by Gasteiger charge is -2.13. The van der Waals surface area contributed by atoms with Gasteiger partial charge in [-0.15, -0.1) is 6.42 Å². The number of benzene rings is 1. The normalized spacial score (nSPS) is 9.47. The van der Waals surface area contributed by atoms with Crippen molar-refractivity contribution < 1.29 is 9.72 Å². The number of hydrogen-bond donors (Lipinski definition) is 0. The second-order valence-corrected chi connectivity index (χ2v) is 4.24. The van der Waals surface area contributed by atoms with Crippen LogP contribution >= 0.6 is 15.9 Å². The van der Waals surface area contributed by atoms with Crippen LogP contribution in [0.4, 0.5) is 5.69 Å². The van der Waals surface area contributed by atoms with E-state index in [1.54, 1.807) is 0 Å². The Morgan fingerprint density at radius 2 is 2.24 bits per heavy atom. The molecule has 0 aliphatic rings. The van der Waals surface area contributed by atoms with Gasteiger partial charge in [-0.25, -0.2) is 0 Å². The van der Waals surface area contributed by atoms with Gasteiger partial charge in [-0.1, -0.05) is 21.9 Å². The number of rotatable bonds is 3. The fourth-order valence-electron chi connectivity index (χ4n) is 1.23. The van der Waals surface area contributed by atoms with Crippen molar-refractivity contribution in [2.75, 3.05) is 13.6 Å². The van der Waals surface area contributed by atoms with E-state index in [0.717, 1.165) is 0 Å². The van der Waals surface area contributed by atoms with Gasteiger partial charge in [-0.3, -0.25) is 14.9 Å². The molecule has 1 aromatic rings. The van der Waals surface area contributed by atoms with Gasteiger partial charge < -0.3 is 4.90 Å². The summed E-state index contributed by atoms with van der Waals surface area (Å²) in [5, 5.41) is 10.7. The maximum absolute atomic E-state index is 11.8. The van der Waals surface area contributed by atoms with Gasteiger partial charge in [0, 0.05) is 29.2 Å². The number of nitro groups is 1. The number of terminal acetylenes is 1. The third-order valence-corrected chi connectivity index (χ3v) is 2.47. The van der Waals surface area contributed by atoms with E-state index in [1.807, 2.05) is 0 Å².